The molecule has 0 radical (unpaired) electrons. The van der Waals surface area contributed by atoms with Crippen molar-refractivity contribution in [1.82, 2.24) is 10.1 Å². The van der Waals surface area contributed by atoms with Crippen LogP contribution >= 0.6 is 15.9 Å². The number of nitrogens with two attached hydrogens (primary N) is 1. The number of aromatic nitrogens is 2. The fourth-order valence-corrected chi connectivity index (χ4v) is 2.92. The predicted octanol–water partition coefficient (Wildman–Crippen LogP) is 3.94. The molecule has 0 unspecified atom stereocenters. The topological polar surface area (TPSA) is 74.2 Å². The van der Waals surface area contributed by atoms with Crippen LogP contribution in [0.3, 0.4) is 0 Å². The Morgan fingerprint density at radius 3 is 2.79 bits per heavy atom. The molecule has 6 heteroatoms. The molecule has 120 valence electrons. The van der Waals surface area contributed by atoms with Gasteiger partial charge in [0, 0.05) is 21.3 Å². The molecule has 2 heterocycles. The summed E-state index contributed by atoms with van der Waals surface area (Å²) >= 11 is 3.47. The lowest BCUT2D eigenvalue weighted by atomic mass is 10.1. The van der Waals surface area contributed by atoms with Gasteiger partial charge in [-0.15, -0.1) is 0 Å². The summed E-state index contributed by atoms with van der Waals surface area (Å²) in [6.45, 7) is 0.426. The summed E-state index contributed by atoms with van der Waals surface area (Å²) in [4.78, 5) is 4.48. The molecule has 4 rings (SSSR count). The van der Waals surface area contributed by atoms with Crippen molar-refractivity contribution in [2.75, 3.05) is 12.3 Å². The van der Waals surface area contributed by atoms with Gasteiger partial charge in [0.1, 0.15) is 12.4 Å². The first-order chi connectivity index (χ1) is 11.7. The van der Waals surface area contributed by atoms with Crippen LogP contribution in [-0.2, 0) is 6.42 Å². The van der Waals surface area contributed by atoms with Gasteiger partial charge >= 0.3 is 0 Å². The zero-order chi connectivity index (χ0) is 16.5. The summed E-state index contributed by atoms with van der Waals surface area (Å²) in [5.41, 5.74) is 9.39. The fraction of sp³-hybridized carbons (Fsp3) is 0.111. The standard InChI is InChI=1S/C18H14BrN3O2/c19-14-3-6-16-12(9-14)8-13(10-23-16)18-21-17(24-22-18)7-11-1-4-15(20)5-2-11/h1-6,8-9H,7,10,20H2. The Hall–Kier alpha value is -2.60. The van der Waals surface area contributed by atoms with E-state index in [0.29, 0.717) is 24.7 Å². The summed E-state index contributed by atoms with van der Waals surface area (Å²) in [6, 6.07) is 13.5. The lowest BCUT2D eigenvalue weighted by Crippen LogP contribution is -2.07. The zero-order valence-corrected chi connectivity index (χ0v) is 14.3. The van der Waals surface area contributed by atoms with Crippen LogP contribution in [0.4, 0.5) is 5.69 Å². The van der Waals surface area contributed by atoms with Crippen molar-refractivity contribution in [3.8, 4) is 5.75 Å². The van der Waals surface area contributed by atoms with Crippen molar-refractivity contribution in [3.63, 3.8) is 0 Å². The Kier molecular flexibility index (Phi) is 3.82. The van der Waals surface area contributed by atoms with E-state index in [-0.39, 0.29) is 0 Å². The number of nitrogens with zero attached hydrogens (tertiary/aromatic N) is 2. The molecule has 0 atom stereocenters. The van der Waals surface area contributed by atoms with Crippen LogP contribution in [0.15, 0.2) is 51.5 Å². The minimum absolute atomic E-state index is 0.426. The van der Waals surface area contributed by atoms with E-state index in [9.17, 15) is 0 Å². The smallest absolute Gasteiger partial charge is 0.231 e. The molecule has 1 aliphatic heterocycles. The van der Waals surface area contributed by atoms with Gasteiger partial charge in [-0.25, -0.2) is 0 Å². The van der Waals surface area contributed by atoms with Gasteiger partial charge in [-0.1, -0.05) is 33.2 Å². The summed E-state index contributed by atoms with van der Waals surface area (Å²) in [5.74, 6) is 1.98. The maximum atomic E-state index is 5.76. The molecule has 0 fully saturated rings. The van der Waals surface area contributed by atoms with Gasteiger partial charge in [-0.3, -0.25) is 0 Å². The molecule has 1 aliphatic rings. The largest absolute Gasteiger partial charge is 0.488 e. The van der Waals surface area contributed by atoms with E-state index in [0.717, 1.165) is 32.6 Å². The van der Waals surface area contributed by atoms with Crippen molar-refractivity contribution >= 4 is 33.3 Å². The molecule has 0 bridgehead atoms. The quantitative estimate of drug-likeness (QED) is 0.693. The monoisotopic (exact) mass is 383 g/mol. The van der Waals surface area contributed by atoms with Gasteiger partial charge in [-0.2, -0.15) is 4.98 Å². The summed E-state index contributed by atoms with van der Waals surface area (Å²) in [7, 11) is 0. The second-order valence-electron chi connectivity index (χ2n) is 5.57. The highest BCUT2D eigenvalue weighted by Gasteiger charge is 2.18. The van der Waals surface area contributed by atoms with Crippen LogP contribution in [0.5, 0.6) is 5.75 Å². The van der Waals surface area contributed by atoms with Crippen LogP contribution in [-0.4, -0.2) is 16.7 Å². The summed E-state index contributed by atoms with van der Waals surface area (Å²) < 4.78 is 12.1. The Morgan fingerprint density at radius 2 is 1.96 bits per heavy atom. The predicted molar refractivity (Wildman–Crippen MR) is 95.5 cm³/mol. The van der Waals surface area contributed by atoms with Gasteiger partial charge in [-0.05, 0) is 42.0 Å². The second kappa shape index (κ2) is 6.13. The SMILES string of the molecule is Nc1ccc(Cc2nc(C3=Cc4cc(Br)ccc4OC3)no2)cc1. The lowest BCUT2D eigenvalue weighted by Gasteiger charge is -2.16. The molecular formula is C18H14BrN3O2. The number of hydrogen-bond acceptors (Lipinski definition) is 5. The molecule has 0 amide bonds. The molecule has 0 saturated heterocycles. The molecule has 0 saturated carbocycles. The highest BCUT2D eigenvalue weighted by atomic mass is 79.9. The number of fused-ring (bicyclic) bond motifs is 1. The average molecular weight is 384 g/mol. The Balaban J connectivity index is 1.57. The van der Waals surface area contributed by atoms with E-state index in [4.69, 9.17) is 15.0 Å². The number of halogens is 1. The molecule has 0 aliphatic carbocycles. The maximum Gasteiger partial charge on any atom is 0.231 e. The van der Waals surface area contributed by atoms with Crippen LogP contribution in [0.25, 0.3) is 11.6 Å². The number of anilines is 1. The first-order valence-electron chi connectivity index (χ1n) is 7.48. The third-order valence-electron chi connectivity index (χ3n) is 3.78. The molecule has 1 aromatic heterocycles. The van der Waals surface area contributed by atoms with Crippen LogP contribution in [0, 0.1) is 0 Å². The van der Waals surface area contributed by atoms with E-state index in [1.165, 1.54) is 0 Å². The number of nitrogen functional groups attached to an aromatic ring is 1. The van der Waals surface area contributed by atoms with Crippen molar-refractivity contribution in [1.29, 1.82) is 0 Å². The summed E-state index contributed by atoms with van der Waals surface area (Å²) in [5, 5.41) is 4.08. The molecule has 2 N–H and O–H groups in total. The summed E-state index contributed by atoms with van der Waals surface area (Å²) in [6.07, 6.45) is 2.60. The third-order valence-corrected chi connectivity index (χ3v) is 4.27. The highest BCUT2D eigenvalue weighted by molar-refractivity contribution is 9.10. The number of ether oxygens (including phenoxy) is 1. The molecule has 24 heavy (non-hydrogen) atoms. The number of benzene rings is 2. The highest BCUT2D eigenvalue weighted by Crippen LogP contribution is 2.31. The Bertz CT molecular complexity index is 916. The van der Waals surface area contributed by atoms with Crippen LogP contribution in [0.1, 0.15) is 22.8 Å². The van der Waals surface area contributed by atoms with Crippen molar-refractivity contribution in [3.05, 3.63) is 69.8 Å². The minimum Gasteiger partial charge on any atom is -0.488 e. The van der Waals surface area contributed by atoms with Gasteiger partial charge in [0.25, 0.3) is 0 Å². The van der Waals surface area contributed by atoms with Gasteiger partial charge in [0.15, 0.2) is 0 Å². The zero-order valence-electron chi connectivity index (χ0n) is 12.7. The van der Waals surface area contributed by atoms with Crippen molar-refractivity contribution in [2.24, 2.45) is 0 Å². The Labute approximate surface area is 147 Å². The molecular weight excluding hydrogens is 370 g/mol. The van der Waals surface area contributed by atoms with E-state index >= 15 is 0 Å². The first-order valence-corrected chi connectivity index (χ1v) is 8.27. The Morgan fingerprint density at radius 1 is 1.12 bits per heavy atom. The number of hydrogen-bond donors (Lipinski definition) is 1. The maximum absolute atomic E-state index is 5.76. The van der Waals surface area contributed by atoms with E-state index in [1.807, 2.05) is 48.5 Å². The van der Waals surface area contributed by atoms with Gasteiger partial charge in [0.05, 0.1) is 6.42 Å². The number of rotatable bonds is 3. The van der Waals surface area contributed by atoms with Gasteiger partial charge < -0.3 is 15.0 Å². The van der Waals surface area contributed by atoms with Crippen LogP contribution < -0.4 is 10.5 Å². The third kappa shape index (κ3) is 3.05. The second-order valence-corrected chi connectivity index (χ2v) is 6.49. The minimum atomic E-state index is 0.426. The first kappa shape index (κ1) is 15.0. The normalized spacial score (nSPS) is 13.1. The fourth-order valence-electron chi connectivity index (χ4n) is 2.54. The van der Waals surface area contributed by atoms with E-state index in [2.05, 4.69) is 26.1 Å². The lowest BCUT2D eigenvalue weighted by molar-refractivity contribution is 0.360. The molecule has 3 aromatic rings. The molecule has 0 spiro atoms. The molecule has 2 aromatic carbocycles. The van der Waals surface area contributed by atoms with E-state index in [1.54, 1.807) is 0 Å². The average Bonchev–Trinajstić information content (AvgIpc) is 3.05. The van der Waals surface area contributed by atoms with Crippen molar-refractivity contribution in [2.45, 2.75) is 6.42 Å². The van der Waals surface area contributed by atoms with E-state index < -0.39 is 0 Å². The van der Waals surface area contributed by atoms with Crippen LogP contribution in [0.2, 0.25) is 0 Å². The molecule has 5 nitrogen and oxygen atoms in total. The van der Waals surface area contributed by atoms with Gasteiger partial charge in [0.2, 0.25) is 11.7 Å². The van der Waals surface area contributed by atoms with Crippen molar-refractivity contribution < 1.29 is 9.26 Å².